The molecule has 2 aromatic carbocycles. The summed E-state index contributed by atoms with van der Waals surface area (Å²) < 4.78 is 27.5. The van der Waals surface area contributed by atoms with E-state index < -0.39 is 10.0 Å². The van der Waals surface area contributed by atoms with Crippen LogP contribution in [-0.4, -0.2) is 8.42 Å². The molecular weight excluding hydrogens is 282 g/mol. The van der Waals surface area contributed by atoms with E-state index in [-0.39, 0.29) is 0 Å². The van der Waals surface area contributed by atoms with E-state index in [2.05, 4.69) is 4.72 Å². The van der Waals surface area contributed by atoms with Crippen LogP contribution < -0.4 is 4.72 Å². The number of benzene rings is 2. The lowest BCUT2D eigenvalue weighted by Crippen LogP contribution is -2.13. The molecule has 0 amide bonds. The molecule has 21 heavy (non-hydrogen) atoms. The van der Waals surface area contributed by atoms with Crippen LogP contribution in [0.5, 0.6) is 0 Å². The molecular formula is C17H19NO2S. The molecule has 0 unspecified atom stereocenters. The minimum Gasteiger partial charge on any atom is -0.280 e. The minimum atomic E-state index is -3.51. The second kappa shape index (κ2) is 5.53. The van der Waals surface area contributed by atoms with E-state index in [0.717, 1.165) is 31.2 Å². The standard InChI is InChI=1S/C17H19NO2S/c1-2-13-6-10-17(11-7-13)21(19,20)18-16-9-8-14-4-3-5-15(14)12-16/h6-12,18H,2-5H2,1H3. The third kappa shape index (κ3) is 2.95. The van der Waals surface area contributed by atoms with Gasteiger partial charge in [-0.3, -0.25) is 4.72 Å². The van der Waals surface area contributed by atoms with Crippen LogP contribution in [0.3, 0.4) is 0 Å². The number of anilines is 1. The van der Waals surface area contributed by atoms with Crippen molar-refractivity contribution in [2.24, 2.45) is 0 Å². The average Bonchev–Trinajstić information content (AvgIpc) is 2.94. The first-order chi connectivity index (χ1) is 10.1. The third-order valence-corrected chi connectivity index (χ3v) is 5.39. The van der Waals surface area contributed by atoms with E-state index in [1.54, 1.807) is 12.1 Å². The van der Waals surface area contributed by atoms with Crippen LogP contribution in [0, 0.1) is 0 Å². The Hall–Kier alpha value is -1.81. The summed E-state index contributed by atoms with van der Waals surface area (Å²) in [6, 6.07) is 12.9. The van der Waals surface area contributed by atoms with Crippen molar-refractivity contribution in [3.8, 4) is 0 Å². The molecule has 0 aliphatic heterocycles. The number of rotatable bonds is 4. The molecule has 0 spiro atoms. The maximum atomic E-state index is 12.4. The Labute approximate surface area is 126 Å². The SMILES string of the molecule is CCc1ccc(S(=O)(=O)Nc2ccc3c(c2)CCC3)cc1. The van der Waals surface area contributed by atoms with Gasteiger partial charge in [-0.05, 0) is 66.6 Å². The molecule has 0 radical (unpaired) electrons. The van der Waals surface area contributed by atoms with Gasteiger partial charge in [0.1, 0.15) is 0 Å². The Morgan fingerprint density at radius 3 is 2.43 bits per heavy atom. The number of sulfonamides is 1. The van der Waals surface area contributed by atoms with Gasteiger partial charge in [-0.15, -0.1) is 0 Å². The predicted octanol–water partition coefficient (Wildman–Crippen LogP) is 3.54. The van der Waals surface area contributed by atoms with E-state index in [0.29, 0.717) is 10.6 Å². The van der Waals surface area contributed by atoms with E-state index in [1.165, 1.54) is 11.1 Å². The van der Waals surface area contributed by atoms with Crippen LogP contribution in [-0.2, 0) is 29.3 Å². The average molecular weight is 301 g/mol. The van der Waals surface area contributed by atoms with Crippen molar-refractivity contribution < 1.29 is 8.42 Å². The van der Waals surface area contributed by atoms with Crippen LogP contribution in [0.1, 0.15) is 30.0 Å². The molecule has 1 aliphatic rings. The molecule has 1 N–H and O–H groups in total. The first-order valence-corrected chi connectivity index (χ1v) is 8.80. The number of hydrogen-bond donors (Lipinski definition) is 1. The van der Waals surface area contributed by atoms with Gasteiger partial charge in [0.05, 0.1) is 4.90 Å². The topological polar surface area (TPSA) is 46.2 Å². The van der Waals surface area contributed by atoms with Crippen molar-refractivity contribution in [1.29, 1.82) is 0 Å². The van der Waals surface area contributed by atoms with Crippen molar-refractivity contribution in [2.45, 2.75) is 37.5 Å². The van der Waals surface area contributed by atoms with Crippen molar-refractivity contribution in [1.82, 2.24) is 0 Å². The van der Waals surface area contributed by atoms with Crippen LogP contribution >= 0.6 is 0 Å². The second-order valence-electron chi connectivity index (χ2n) is 5.44. The summed E-state index contributed by atoms with van der Waals surface area (Å²) in [4.78, 5) is 0.306. The van der Waals surface area contributed by atoms with Crippen molar-refractivity contribution >= 4 is 15.7 Å². The predicted molar refractivity (Wildman–Crippen MR) is 85.1 cm³/mol. The number of aryl methyl sites for hydroxylation is 3. The third-order valence-electron chi connectivity index (χ3n) is 3.99. The largest absolute Gasteiger partial charge is 0.280 e. The normalized spacial score (nSPS) is 14.0. The molecule has 0 bridgehead atoms. The van der Waals surface area contributed by atoms with Gasteiger partial charge < -0.3 is 0 Å². The second-order valence-corrected chi connectivity index (χ2v) is 7.12. The molecule has 3 rings (SSSR count). The Bertz CT molecular complexity index is 749. The Morgan fingerprint density at radius 2 is 1.71 bits per heavy atom. The fourth-order valence-electron chi connectivity index (χ4n) is 2.75. The van der Waals surface area contributed by atoms with E-state index in [1.807, 2.05) is 37.3 Å². The number of fused-ring (bicyclic) bond motifs is 1. The molecule has 0 saturated carbocycles. The molecule has 0 atom stereocenters. The van der Waals surface area contributed by atoms with Crippen LogP contribution in [0.4, 0.5) is 5.69 Å². The summed E-state index contributed by atoms with van der Waals surface area (Å²) in [6.45, 7) is 2.05. The summed E-state index contributed by atoms with van der Waals surface area (Å²) >= 11 is 0. The summed E-state index contributed by atoms with van der Waals surface area (Å²) in [5, 5.41) is 0. The van der Waals surface area contributed by atoms with Gasteiger partial charge in [-0.25, -0.2) is 8.42 Å². The highest BCUT2D eigenvalue weighted by molar-refractivity contribution is 7.92. The zero-order valence-electron chi connectivity index (χ0n) is 12.1. The smallest absolute Gasteiger partial charge is 0.261 e. The zero-order valence-corrected chi connectivity index (χ0v) is 12.9. The van der Waals surface area contributed by atoms with Gasteiger partial charge in [0.2, 0.25) is 0 Å². The van der Waals surface area contributed by atoms with Gasteiger partial charge >= 0.3 is 0 Å². The zero-order chi connectivity index (χ0) is 14.9. The van der Waals surface area contributed by atoms with Gasteiger partial charge in [0.25, 0.3) is 10.0 Å². The number of hydrogen-bond acceptors (Lipinski definition) is 2. The molecule has 110 valence electrons. The van der Waals surface area contributed by atoms with Crippen LogP contribution in [0.2, 0.25) is 0 Å². The maximum Gasteiger partial charge on any atom is 0.261 e. The fourth-order valence-corrected chi connectivity index (χ4v) is 3.80. The summed E-state index contributed by atoms with van der Waals surface area (Å²) in [5.41, 5.74) is 4.38. The van der Waals surface area contributed by atoms with Crippen molar-refractivity contribution in [2.75, 3.05) is 4.72 Å². The lowest BCUT2D eigenvalue weighted by molar-refractivity contribution is 0.601. The minimum absolute atomic E-state index is 0.306. The molecule has 0 fully saturated rings. The monoisotopic (exact) mass is 301 g/mol. The Morgan fingerprint density at radius 1 is 1.00 bits per heavy atom. The van der Waals surface area contributed by atoms with Gasteiger partial charge in [0.15, 0.2) is 0 Å². The molecule has 0 aromatic heterocycles. The molecule has 1 aliphatic carbocycles. The molecule has 0 heterocycles. The van der Waals surface area contributed by atoms with E-state index >= 15 is 0 Å². The Kier molecular flexibility index (Phi) is 3.72. The van der Waals surface area contributed by atoms with Gasteiger partial charge in [0, 0.05) is 5.69 Å². The highest BCUT2D eigenvalue weighted by Gasteiger charge is 2.16. The molecule has 2 aromatic rings. The fraction of sp³-hybridized carbons (Fsp3) is 0.294. The van der Waals surface area contributed by atoms with Crippen molar-refractivity contribution in [3.63, 3.8) is 0 Å². The summed E-state index contributed by atoms with van der Waals surface area (Å²) in [5.74, 6) is 0. The first-order valence-electron chi connectivity index (χ1n) is 7.32. The summed E-state index contributed by atoms with van der Waals surface area (Å²) in [7, 11) is -3.51. The van der Waals surface area contributed by atoms with Gasteiger partial charge in [-0.2, -0.15) is 0 Å². The van der Waals surface area contributed by atoms with E-state index in [9.17, 15) is 8.42 Å². The Balaban J connectivity index is 1.85. The highest BCUT2D eigenvalue weighted by Crippen LogP contribution is 2.26. The van der Waals surface area contributed by atoms with E-state index in [4.69, 9.17) is 0 Å². The highest BCUT2D eigenvalue weighted by atomic mass is 32.2. The quantitative estimate of drug-likeness (QED) is 0.939. The van der Waals surface area contributed by atoms with Crippen LogP contribution in [0.25, 0.3) is 0 Å². The molecule has 4 heteroatoms. The molecule has 0 saturated heterocycles. The molecule has 3 nitrogen and oxygen atoms in total. The van der Waals surface area contributed by atoms with Crippen LogP contribution in [0.15, 0.2) is 47.4 Å². The first kappa shape index (κ1) is 14.1. The van der Waals surface area contributed by atoms with Crippen molar-refractivity contribution in [3.05, 3.63) is 59.2 Å². The summed E-state index contributed by atoms with van der Waals surface area (Å²) in [6.07, 6.45) is 4.19. The van der Waals surface area contributed by atoms with Gasteiger partial charge in [-0.1, -0.05) is 25.1 Å². The number of nitrogens with one attached hydrogen (secondary N) is 1. The maximum absolute atomic E-state index is 12.4. The lowest BCUT2D eigenvalue weighted by atomic mass is 10.1. The lowest BCUT2D eigenvalue weighted by Gasteiger charge is -2.10.